The van der Waals surface area contributed by atoms with Crippen molar-refractivity contribution in [2.24, 2.45) is 11.5 Å². The summed E-state index contributed by atoms with van der Waals surface area (Å²) in [6.07, 6.45) is 0.489. The Morgan fingerprint density at radius 1 is 1.09 bits per heavy atom. The predicted octanol–water partition coefficient (Wildman–Crippen LogP) is 1.57. The van der Waals surface area contributed by atoms with Crippen molar-refractivity contribution < 1.29 is 8.42 Å². The van der Waals surface area contributed by atoms with Crippen LogP contribution in [0, 0.1) is 0 Å². The van der Waals surface area contributed by atoms with Gasteiger partial charge in [-0.25, -0.2) is 8.42 Å². The summed E-state index contributed by atoms with van der Waals surface area (Å²) in [5.74, 6) is 0. The van der Waals surface area contributed by atoms with Crippen LogP contribution >= 0.6 is 0 Å². The van der Waals surface area contributed by atoms with Crippen molar-refractivity contribution in [2.45, 2.75) is 29.2 Å². The molecule has 0 radical (unpaired) electrons. The Hall–Kier alpha value is -1.47. The third-order valence-electron chi connectivity index (χ3n) is 4.12. The molecule has 0 fully saturated rings. The molecule has 0 bridgehead atoms. The summed E-state index contributed by atoms with van der Waals surface area (Å²) >= 11 is 0. The van der Waals surface area contributed by atoms with Gasteiger partial charge in [-0.1, -0.05) is 36.4 Å². The van der Waals surface area contributed by atoms with Gasteiger partial charge in [-0.05, 0) is 44.9 Å². The summed E-state index contributed by atoms with van der Waals surface area (Å²) in [7, 11) is 0.0144. The molecule has 0 spiro atoms. The molecule has 0 aliphatic heterocycles. The molecule has 2 aromatic carbocycles. The molecule has 2 atom stereocenters. The van der Waals surface area contributed by atoms with Crippen molar-refractivity contribution in [1.29, 1.82) is 0 Å². The Bertz CT molecular complexity index is 754. The highest BCUT2D eigenvalue weighted by molar-refractivity contribution is 7.92. The zero-order valence-corrected chi connectivity index (χ0v) is 14.5. The minimum absolute atomic E-state index is 0.343. The van der Waals surface area contributed by atoms with Gasteiger partial charge in [0, 0.05) is 5.39 Å². The van der Waals surface area contributed by atoms with Gasteiger partial charge in [-0.3, -0.25) is 4.90 Å². The van der Waals surface area contributed by atoms with Gasteiger partial charge in [-0.2, -0.15) is 0 Å². The first-order valence-corrected chi connectivity index (χ1v) is 9.28. The second kappa shape index (κ2) is 7.40. The zero-order chi connectivity index (χ0) is 17.0. The summed E-state index contributed by atoms with van der Waals surface area (Å²) < 4.78 is 26.5. The van der Waals surface area contributed by atoms with E-state index in [4.69, 9.17) is 11.5 Å². The van der Waals surface area contributed by atoms with E-state index in [9.17, 15) is 8.42 Å². The Morgan fingerprint density at radius 2 is 1.74 bits per heavy atom. The highest BCUT2D eigenvalue weighted by atomic mass is 32.2. The Kier molecular flexibility index (Phi) is 5.75. The van der Waals surface area contributed by atoms with E-state index in [0.717, 1.165) is 10.8 Å². The number of rotatable bonds is 7. The van der Waals surface area contributed by atoms with Crippen LogP contribution in [0.15, 0.2) is 47.4 Å². The van der Waals surface area contributed by atoms with E-state index >= 15 is 0 Å². The molecular formula is C17H25N3O2S. The second-order valence-electron chi connectivity index (χ2n) is 5.95. The molecule has 5 nitrogen and oxygen atoms in total. The predicted molar refractivity (Wildman–Crippen MR) is 94.9 cm³/mol. The van der Waals surface area contributed by atoms with Gasteiger partial charge < -0.3 is 11.5 Å². The minimum Gasteiger partial charge on any atom is -0.330 e. The number of benzene rings is 2. The average molecular weight is 335 g/mol. The van der Waals surface area contributed by atoms with Gasteiger partial charge in [-0.15, -0.1) is 0 Å². The fraction of sp³-hybridized carbons (Fsp3) is 0.412. The van der Waals surface area contributed by atoms with E-state index < -0.39 is 21.3 Å². The first-order valence-electron chi connectivity index (χ1n) is 7.73. The number of nitrogens with zero attached hydrogens (tertiary/aromatic N) is 1. The highest BCUT2D eigenvalue weighted by Gasteiger charge is 2.34. The molecule has 4 N–H and O–H groups in total. The maximum Gasteiger partial charge on any atom is 0.184 e. The Morgan fingerprint density at radius 3 is 2.39 bits per heavy atom. The van der Waals surface area contributed by atoms with E-state index in [1.807, 2.05) is 30.3 Å². The number of hydrogen-bond donors (Lipinski definition) is 2. The molecular weight excluding hydrogens is 310 g/mol. The smallest absolute Gasteiger partial charge is 0.184 e. The van der Waals surface area contributed by atoms with Crippen molar-refractivity contribution in [2.75, 3.05) is 20.6 Å². The first-order chi connectivity index (χ1) is 10.9. The van der Waals surface area contributed by atoms with Gasteiger partial charge in [0.25, 0.3) is 0 Å². The zero-order valence-electron chi connectivity index (χ0n) is 13.6. The molecule has 126 valence electrons. The molecule has 6 heteroatoms. The van der Waals surface area contributed by atoms with E-state index in [-0.39, 0.29) is 0 Å². The van der Waals surface area contributed by atoms with Crippen LogP contribution < -0.4 is 11.5 Å². The largest absolute Gasteiger partial charge is 0.330 e. The second-order valence-corrected chi connectivity index (χ2v) is 8.08. The molecule has 0 aromatic heterocycles. The van der Waals surface area contributed by atoms with Crippen LogP contribution in [-0.2, 0) is 9.84 Å². The lowest BCUT2D eigenvalue weighted by Crippen LogP contribution is -2.49. The van der Waals surface area contributed by atoms with E-state index in [2.05, 4.69) is 0 Å². The standard InChI is InChI=1S/C17H25N3O2S/c1-20(2)17(19)16(11-6-12-18)23(21,22)15-10-5-8-13-7-3-4-9-14(13)15/h3-5,7-10,16-17H,6,11-12,18-19H2,1-2H3. The quantitative estimate of drug-likeness (QED) is 0.750. The highest BCUT2D eigenvalue weighted by Crippen LogP contribution is 2.28. The Labute approximate surface area is 138 Å². The minimum atomic E-state index is -3.57. The molecule has 2 unspecified atom stereocenters. The lowest BCUT2D eigenvalue weighted by Gasteiger charge is -2.29. The molecule has 0 heterocycles. The van der Waals surface area contributed by atoms with Gasteiger partial charge in [0.1, 0.15) is 0 Å². The molecule has 0 amide bonds. The van der Waals surface area contributed by atoms with Crippen molar-refractivity contribution in [3.05, 3.63) is 42.5 Å². The van der Waals surface area contributed by atoms with Gasteiger partial charge in [0.15, 0.2) is 9.84 Å². The molecule has 0 aliphatic carbocycles. The first kappa shape index (κ1) is 17.9. The maximum atomic E-state index is 13.3. The van der Waals surface area contributed by atoms with Crippen LogP contribution in [-0.4, -0.2) is 45.4 Å². The molecule has 2 aromatic rings. The molecule has 0 aliphatic rings. The van der Waals surface area contributed by atoms with Crippen LogP contribution in [0.4, 0.5) is 0 Å². The SMILES string of the molecule is CN(C)C(N)C(CCCN)S(=O)(=O)c1cccc2ccccc12. The number of fused-ring (bicyclic) bond motifs is 1. The van der Waals surface area contributed by atoms with Gasteiger partial charge >= 0.3 is 0 Å². The van der Waals surface area contributed by atoms with Crippen molar-refractivity contribution in [3.63, 3.8) is 0 Å². The number of nitrogens with two attached hydrogens (primary N) is 2. The third kappa shape index (κ3) is 3.72. The summed E-state index contributed by atoms with van der Waals surface area (Å²) in [5, 5.41) is 0.954. The summed E-state index contributed by atoms with van der Waals surface area (Å²) in [4.78, 5) is 2.08. The third-order valence-corrected chi connectivity index (χ3v) is 6.41. The molecule has 23 heavy (non-hydrogen) atoms. The van der Waals surface area contributed by atoms with Crippen LogP contribution in [0.2, 0.25) is 0 Å². The van der Waals surface area contributed by atoms with Crippen LogP contribution in [0.3, 0.4) is 0 Å². The van der Waals surface area contributed by atoms with Gasteiger partial charge in [0.2, 0.25) is 0 Å². The van der Waals surface area contributed by atoms with E-state index in [1.165, 1.54) is 0 Å². The molecule has 2 rings (SSSR count). The fourth-order valence-electron chi connectivity index (χ4n) is 2.77. The number of hydrogen-bond acceptors (Lipinski definition) is 5. The van der Waals surface area contributed by atoms with E-state index in [0.29, 0.717) is 24.3 Å². The van der Waals surface area contributed by atoms with Crippen LogP contribution in [0.25, 0.3) is 10.8 Å². The average Bonchev–Trinajstić information content (AvgIpc) is 2.54. The summed E-state index contributed by atoms with van der Waals surface area (Å²) in [6.45, 7) is 0.446. The van der Waals surface area contributed by atoms with Crippen LogP contribution in [0.1, 0.15) is 12.8 Å². The normalized spacial score (nSPS) is 15.0. The van der Waals surface area contributed by atoms with E-state index in [1.54, 1.807) is 31.1 Å². The van der Waals surface area contributed by atoms with Crippen molar-refractivity contribution >= 4 is 20.6 Å². The lowest BCUT2D eigenvalue weighted by molar-refractivity contribution is 0.280. The molecule has 0 saturated heterocycles. The monoisotopic (exact) mass is 335 g/mol. The summed E-state index contributed by atoms with van der Waals surface area (Å²) in [5.41, 5.74) is 11.8. The van der Waals surface area contributed by atoms with Gasteiger partial charge in [0.05, 0.1) is 16.3 Å². The summed E-state index contributed by atoms with van der Waals surface area (Å²) in [6, 6.07) is 12.8. The van der Waals surface area contributed by atoms with Crippen LogP contribution in [0.5, 0.6) is 0 Å². The lowest BCUT2D eigenvalue weighted by atomic mass is 10.1. The van der Waals surface area contributed by atoms with Crippen molar-refractivity contribution in [1.82, 2.24) is 4.90 Å². The Balaban J connectivity index is 2.55. The topological polar surface area (TPSA) is 89.4 Å². The van der Waals surface area contributed by atoms with Crippen molar-refractivity contribution in [3.8, 4) is 0 Å². The fourth-order valence-corrected chi connectivity index (χ4v) is 4.94. The maximum absolute atomic E-state index is 13.3. The number of sulfone groups is 1. The molecule has 0 saturated carbocycles.